The second-order valence-electron chi connectivity index (χ2n) is 4.87. The molecule has 0 aromatic heterocycles. The van der Waals surface area contributed by atoms with Crippen molar-refractivity contribution in [2.24, 2.45) is 0 Å². The van der Waals surface area contributed by atoms with Crippen LogP contribution >= 0.6 is 23.2 Å². The number of hydrogen-bond acceptors (Lipinski definition) is 1. The summed E-state index contributed by atoms with van der Waals surface area (Å²) >= 11 is 12.2. The average molecular weight is 327 g/mol. The molecule has 0 radical (unpaired) electrons. The predicted molar refractivity (Wildman–Crippen MR) is 91.8 cm³/mol. The largest absolute Gasteiger partial charge is 0.288 e. The minimum atomic E-state index is -0.171. The average Bonchev–Trinajstić information content (AvgIpc) is 2.55. The highest BCUT2D eigenvalue weighted by Crippen LogP contribution is 2.28. The van der Waals surface area contributed by atoms with E-state index in [0.29, 0.717) is 21.2 Å². The van der Waals surface area contributed by atoms with Crippen LogP contribution in [0, 0.1) is 0 Å². The van der Waals surface area contributed by atoms with Crippen LogP contribution in [-0.2, 0) is 0 Å². The zero-order valence-corrected chi connectivity index (χ0v) is 13.1. The van der Waals surface area contributed by atoms with Crippen LogP contribution in [0.1, 0.15) is 15.9 Å². The van der Waals surface area contributed by atoms with Crippen molar-refractivity contribution in [1.82, 2.24) is 0 Å². The third-order valence-electron chi connectivity index (χ3n) is 3.44. The van der Waals surface area contributed by atoms with Gasteiger partial charge in [0.15, 0.2) is 5.78 Å². The second kappa shape index (κ2) is 6.35. The Morgan fingerprint density at radius 3 is 1.77 bits per heavy atom. The van der Waals surface area contributed by atoms with E-state index in [0.717, 1.165) is 11.1 Å². The fourth-order valence-corrected chi connectivity index (χ4v) is 2.87. The molecule has 3 rings (SSSR count). The summed E-state index contributed by atoms with van der Waals surface area (Å²) in [4.78, 5) is 12.6. The van der Waals surface area contributed by atoms with Crippen LogP contribution in [0.3, 0.4) is 0 Å². The molecule has 0 aliphatic carbocycles. The lowest BCUT2D eigenvalue weighted by Gasteiger charge is -2.07. The summed E-state index contributed by atoms with van der Waals surface area (Å²) in [6.07, 6.45) is 0. The fraction of sp³-hybridized carbons (Fsp3) is 0. The Kier molecular flexibility index (Phi) is 4.28. The SMILES string of the molecule is O=C(c1ccc(-c2ccccc2)cc1)c1c(Cl)cccc1Cl. The maximum atomic E-state index is 12.6. The highest BCUT2D eigenvalue weighted by Gasteiger charge is 2.16. The lowest BCUT2D eigenvalue weighted by Crippen LogP contribution is -2.03. The van der Waals surface area contributed by atoms with E-state index in [1.165, 1.54) is 0 Å². The van der Waals surface area contributed by atoms with E-state index < -0.39 is 0 Å². The highest BCUT2D eigenvalue weighted by atomic mass is 35.5. The Bertz CT molecular complexity index is 788. The summed E-state index contributed by atoms with van der Waals surface area (Å²) in [5, 5.41) is 0.731. The van der Waals surface area contributed by atoms with Crippen molar-refractivity contribution in [3.63, 3.8) is 0 Å². The van der Waals surface area contributed by atoms with Crippen molar-refractivity contribution in [2.45, 2.75) is 0 Å². The summed E-state index contributed by atoms with van der Waals surface area (Å²) in [6, 6.07) is 22.5. The molecule has 0 fully saturated rings. The number of hydrogen-bond donors (Lipinski definition) is 0. The Labute approximate surface area is 139 Å². The van der Waals surface area contributed by atoms with Crippen LogP contribution in [0.15, 0.2) is 72.8 Å². The van der Waals surface area contributed by atoms with Crippen molar-refractivity contribution in [3.8, 4) is 11.1 Å². The molecule has 0 N–H and O–H groups in total. The van der Waals surface area contributed by atoms with Gasteiger partial charge in [-0.25, -0.2) is 0 Å². The fourth-order valence-electron chi connectivity index (χ4n) is 2.30. The van der Waals surface area contributed by atoms with Gasteiger partial charge >= 0.3 is 0 Å². The van der Waals surface area contributed by atoms with Gasteiger partial charge in [0.05, 0.1) is 15.6 Å². The lowest BCUT2D eigenvalue weighted by molar-refractivity contribution is 0.103. The lowest BCUT2D eigenvalue weighted by atomic mass is 9.99. The number of benzene rings is 3. The van der Waals surface area contributed by atoms with E-state index >= 15 is 0 Å². The Hall–Kier alpha value is -2.09. The van der Waals surface area contributed by atoms with Gasteiger partial charge in [-0.1, -0.05) is 83.9 Å². The summed E-state index contributed by atoms with van der Waals surface area (Å²) in [6.45, 7) is 0. The number of halogens is 2. The molecule has 108 valence electrons. The van der Waals surface area contributed by atoms with Gasteiger partial charge in [0.2, 0.25) is 0 Å². The first kappa shape index (κ1) is 14.8. The van der Waals surface area contributed by atoms with Crippen LogP contribution in [0.4, 0.5) is 0 Å². The Morgan fingerprint density at radius 1 is 0.636 bits per heavy atom. The molecule has 22 heavy (non-hydrogen) atoms. The summed E-state index contributed by atoms with van der Waals surface area (Å²) in [5.74, 6) is -0.171. The van der Waals surface area contributed by atoms with Crippen LogP contribution in [0.25, 0.3) is 11.1 Å². The first-order chi connectivity index (χ1) is 10.7. The molecule has 0 unspecified atom stereocenters. The highest BCUT2D eigenvalue weighted by molar-refractivity contribution is 6.41. The standard InChI is InChI=1S/C19H12Cl2O/c20-16-7-4-8-17(21)18(16)19(22)15-11-9-14(10-12-15)13-5-2-1-3-6-13/h1-12H. The molecule has 1 nitrogen and oxygen atoms in total. The number of carbonyl (C=O) groups is 1. The third-order valence-corrected chi connectivity index (χ3v) is 4.07. The smallest absolute Gasteiger partial charge is 0.196 e. The molecule has 0 saturated heterocycles. The first-order valence-corrected chi connectivity index (χ1v) is 7.56. The Balaban J connectivity index is 1.95. The summed E-state index contributed by atoms with van der Waals surface area (Å²) in [7, 11) is 0. The predicted octanol–water partition coefficient (Wildman–Crippen LogP) is 5.89. The molecule has 0 heterocycles. The van der Waals surface area contributed by atoms with Crippen molar-refractivity contribution < 1.29 is 4.79 Å². The minimum Gasteiger partial charge on any atom is -0.288 e. The van der Waals surface area contributed by atoms with Crippen molar-refractivity contribution >= 4 is 29.0 Å². The number of rotatable bonds is 3. The van der Waals surface area contributed by atoms with Gasteiger partial charge < -0.3 is 0 Å². The molecular weight excluding hydrogens is 315 g/mol. The van der Waals surface area contributed by atoms with Crippen molar-refractivity contribution in [1.29, 1.82) is 0 Å². The maximum absolute atomic E-state index is 12.6. The zero-order valence-electron chi connectivity index (χ0n) is 11.6. The summed E-state index contributed by atoms with van der Waals surface area (Å²) < 4.78 is 0. The quantitative estimate of drug-likeness (QED) is 0.548. The van der Waals surface area contributed by atoms with E-state index in [1.54, 1.807) is 30.3 Å². The van der Waals surface area contributed by atoms with Crippen LogP contribution in [0.5, 0.6) is 0 Å². The Morgan fingerprint density at radius 2 is 1.18 bits per heavy atom. The van der Waals surface area contributed by atoms with Crippen LogP contribution in [-0.4, -0.2) is 5.78 Å². The molecule has 0 bridgehead atoms. The van der Waals surface area contributed by atoms with Gasteiger partial charge in [0, 0.05) is 5.56 Å². The monoisotopic (exact) mass is 326 g/mol. The normalized spacial score (nSPS) is 10.5. The maximum Gasteiger partial charge on any atom is 0.196 e. The molecule has 0 aliphatic heterocycles. The molecular formula is C19H12Cl2O. The third kappa shape index (κ3) is 2.92. The van der Waals surface area contributed by atoms with Gasteiger partial charge in [0.1, 0.15) is 0 Å². The minimum absolute atomic E-state index is 0.171. The zero-order chi connectivity index (χ0) is 15.5. The molecule has 0 spiro atoms. The van der Waals surface area contributed by atoms with Crippen LogP contribution in [0.2, 0.25) is 10.0 Å². The van der Waals surface area contributed by atoms with Gasteiger partial charge in [-0.15, -0.1) is 0 Å². The van der Waals surface area contributed by atoms with E-state index in [4.69, 9.17) is 23.2 Å². The second-order valence-corrected chi connectivity index (χ2v) is 5.68. The molecule has 3 heteroatoms. The van der Waals surface area contributed by atoms with E-state index in [9.17, 15) is 4.79 Å². The number of ketones is 1. The molecule has 3 aromatic carbocycles. The summed E-state index contributed by atoms with van der Waals surface area (Å²) in [5.41, 5.74) is 3.08. The molecule has 3 aromatic rings. The van der Waals surface area contributed by atoms with Gasteiger partial charge in [0.25, 0.3) is 0 Å². The molecule has 0 atom stereocenters. The molecule has 0 aliphatic rings. The van der Waals surface area contributed by atoms with E-state index in [-0.39, 0.29) is 5.78 Å². The van der Waals surface area contributed by atoms with E-state index in [1.807, 2.05) is 42.5 Å². The van der Waals surface area contributed by atoms with Crippen molar-refractivity contribution in [3.05, 3.63) is 94.0 Å². The van der Waals surface area contributed by atoms with Crippen LogP contribution < -0.4 is 0 Å². The van der Waals surface area contributed by atoms with Gasteiger partial charge in [-0.05, 0) is 23.3 Å². The first-order valence-electron chi connectivity index (χ1n) is 6.81. The molecule has 0 saturated carbocycles. The van der Waals surface area contributed by atoms with Gasteiger partial charge in [-0.2, -0.15) is 0 Å². The molecule has 0 amide bonds. The van der Waals surface area contributed by atoms with Crippen molar-refractivity contribution in [2.75, 3.05) is 0 Å². The van der Waals surface area contributed by atoms with E-state index in [2.05, 4.69) is 0 Å². The topological polar surface area (TPSA) is 17.1 Å². The number of carbonyl (C=O) groups excluding carboxylic acids is 1. The van der Waals surface area contributed by atoms with Gasteiger partial charge in [-0.3, -0.25) is 4.79 Å².